The number of ether oxygens (including phenoxy) is 10. The maximum Gasteiger partial charge on any atom is 0.312 e. The summed E-state index contributed by atoms with van der Waals surface area (Å²) in [6, 6.07) is 0. The first-order chi connectivity index (χ1) is 61.9. The van der Waals surface area contributed by atoms with Gasteiger partial charge in [-0.1, -0.05) is 158 Å². The molecule has 20 rings (SSSR count). The molecule has 0 aromatic heterocycles. The molecule has 22 nitrogen and oxygen atoms in total. The van der Waals surface area contributed by atoms with Crippen LogP contribution in [0.25, 0.3) is 0 Å². The number of aliphatic hydroxyl groups excluding tert-OH is 2. The molecule has 0 aromatic rings. The quantitative estimate of drug-likeness (QED) is 0.0156. The van der Waals surface area contributed by atoms with Gasteiger partial charge in [-0.05, 0) is 305 Å². The highest BCUT2D eigenvalue weighted by molar-refractivity contribution is 5.79. The van der Waals surface area contributed by atoms with E-state index in [1.807, 2.05) is 34.6 Å². The lowest BCUT2D eigenvalue weighted by molar-refractivity contribution is -0.163. The molecule has 0 heterocycles. The summed E-state index contributed by atoms with van der Waals surface area (Å²) in [5.41, 5.74) is -0.162. The van der Waals surface area contributed by atoms with Crippen LogP contribution in [0.2, 0.25) is 0 Å². The van der Waals surface area contributed by atoms with E-state index in [9.17, 15) is 43.5 Å². The van der Waals surface area contributed by atoms with E-state index < -0.39 is 11.9 Å². The van der Waals surface area contributed by atoms with Crippen molar-refractivity contribution < 1.29 is 106 Å². The van der Waals surface area contributed by atoms with E-state index >= 15 is 0 Å². The van der Waals surface area contributed by atoms with E-state index in [2.05, 4.69) is 132 Å². The van der Waals surface area contributed by atoms with Crippen molar-refractivity contribution in [1.82, 2.24) is 0 Å². The number of hydrogen-bond donors (Lipinski definition) is 4. The molecule has 12 fully saturated rings. The Bertz CT molecular complexity index is 4010. The van der Waals surface area contributed by atoms with Crippen LogP contribution < -0.4 is 0 Å². The second kappa shape index (κ2) is 45.7. The van der Waals surface area contributed by atoms with E-state index in [1.54, 1.807) is 0 Å². The minimum absolute atomic E-state index is 0.00523. The first-order valence-electron chi connectivity index (χ1n) is 50.5. The number of hydrogen-bond acceptors (Lipinski definition) is 20. The van der Waals surface area contributed by atoms with Gasteiger partial charge < -0.3 is 67.8 Å². The van der Waals surface area contributed by atoms with Crippen molar-refractivity contribution in [1.29, 1.82) is 0 Å². The lowest BCUT2D eigenvalue weighted by Crippen LogP contribution is -2.39. The van der Waals surface area contributed by atoms with E-state index in [4.69, 9.17) is 62.7 Å². The Kier molecular flexibility index (Phi) is 35.4. The van der Waals surface area contributed by atoms with Gasteiger partial charge >= 0.3 is 47.8 Å². The van der Waals surface area contributed by atoms with Crippen molar-refractivity contribution in [3.63, 3.8) is 0 Å². The van der Waals surface area contributed by atoms with Crippen molar-refractivity contribution in [2.75, 3.05) is 92.5 Å². The first-order valence-corrected chi connectivity index (χ1v) is 50.5. The maximum absolute atomic E-state index is 12.6. The van der Waals surface area contributed by atoms with Gasteiger partial charge in [0.2, 0.25) is 0 Å². The molecule has 0 radical (unpaired) electrons. The van der Waals surface area contributed by atoms with Crippen LogP contribution in [-0.4, -0.2) is 172 Å². The molecule has 718 valence electrons. The van der Waals surface area contributed by atoms with Crippen LogP contribution in [0, 0.1) is 188 Å². The number of allylic oxidation sites excluding steroid dienone is 16. The zero-order valence-electron chi connectivity index (χ0n) is 79.3. The first kappa shape index (κ1) is 99.9. The molecular weight excluding hydrogens is 1640 g/mol. The summed E-state index contributed by atoms with van der Waals surface area (Å²) < 4.78 is 53.5. The van der Waals surface area contributed by atoms with Gasteiger partial charge in [0.15, 0.2) is 0 Å². The van der Waals surface area contributed by atoms with Crippen LogP contribution in [0.1, 0.15) is 230 Å². The molecule has 0 spiro atoms. The Morgan fingerprint density at radius 1 is 0.395 bits per heavy atom. The molecule has 32 unspecified atom stereocenters. The monoisotopic (exact) mass is 1800 g/mol. The minimum atomic E-state index is -0.614. The summed E-state index contributed by atoms with van der Waals surface area (Å²) in [7, 11) is 0. The number of carbonyl (C=O) groups excluding carboxylic acids is 6. The summed E-state index contributed by atoms with van der Waals surface area (Å²) in [5.74, 6) is 12.0. The van der Waals surface area contributed by atoms with Crippen molar-refractivity contribution in [3.05, 3.63) is 97.2 Å². The van der Waals surface area contributed by atoms with E-state index in [1.165, 1.54) is 57.8 Å². The molecular formula is C107H158O22. The summed E-state index contributed by atoms with van der Waals surface area (Å²) in [5, 5.41) is 35.0. The van der Waals surface area contributed by atoms with Crippen molar-refractivity contribution in [3.8, 4) is 0 Å². The average Bonchev–Trinajstić information content (AvgIpc) is 1.56. The number of esters is 6. The summed E-state index contributed by atoms with van der Waals surface area (Å²) in [6.45, 7) is 26.9. The molecule has 0 aliphatic heterocycles. The third-order valence-electron chi connectivity index (χ3n) is 34.4. The SMILES string of the molecule is CC(C)(C)OC(=O)C1CC2C=CC1C2.CC1(C(=O)OCCO)CC2C=CC1C2.CC1(C)C2CCC1(C)C(OC(=O)C1CC3C=CC1C3)C2.CCCCC(CC)CCOCCOCCOC(=O)C1CC2C=CC1C2.CCOCCOCCOC(=O)C1CC2C=CC1C2.O=C(O)C1CC2C=CC1C2.O=C(O)C1CC2CC1C1C3C=CC(C3)C21.O=C(OCCO)C1CC2C=CC1C2. The van der Waals surface area contributed by atoms with Crippen LogP contribution in [0.5, 0.6) is 0 Å². The second-order valence-corrected chi connectivity index (χ2v) is 43.6. The number of aliphatic hydroxyl groups is 2. The average molecular weight is 1800 g/mol. The van der Waals surface area contributed by atoms with Gasteiger partial charge in [0.1, 0.15) is 38.1 Å². The highest BCUT2D eigenvalue weighted by Gasteiger charge is 2.65. The number of rotatable bonds is 33. The fraction of sp³-hybridized carbons (Fsp3) is 0.776. The molecule has 4 N–H and O–H groups in total. The minimum Gasteiger partial charge on any atom is -0.481 e. The van der Waals surface area contributed by atoms with Gasteiger partial charge in [-0.2, -0.15) is 0 Å². The van der Waals surface area contributed by atoms with Crippen LogP contribution >= 0.6 is 0 Å². The third kappa shape index (κ3) is 24.6. The number of unbranched alkanes of at least 4 members (excludes halogenated alkanes) is 1. The fourth-order valence-corrected chi connectivity index (χ4v) is 27.0. The Morgan fingerprint density at radius 2 is 0.814 bits per heavy atom. The van der Waals surface area contributed by atoms with Gasteiger partial charge in [0.05, 0.1) is 99.7 Å². The summed E-state index contributed by atoms with van der Waals surface area (Å²) >= 11 is 0. The molecule has 129 heavy (non-hydrogen) atoms. The highest BCUT2D eigenvalue weighted by atomic mass is 16.6. The lowest BCUT2D eigenvalue weighted by atomic mass is 9.69. The van der Waals surface area contributed by atoms with E-state index in [-0.39, 0.29) is 126 Å². The topological polar surface area (TPSA) is 310 Å². The number of fused-ring (bicyclic) bond motifs is 25. The largest absolute Gasteiger partial charge is 0.481 e. The number of carboxylic acids is 2. The maximum atomic E-state index is 12.6. The molecule has 32 atom stereocenters. The van der Waals surface area contributed by atoms with Gasteiger partial charge in [-0.3, -0.25) is 38.4 Å². The van der Waals surface area contributed by atoms with Crippen LogP contribution in [0.15, 0.2) is 97.2 Å². The predicted molar refractivity (Wildman–Crippen MR) is 489 cm³/mol. The zero-order valence-corrected chi connectivity index (χ0v) is 79.3. The van der Waals surface area contributed by atoms with Crippen molar-refractivity contribution in [2.45, 2.75) is 241 Å². The van der Waals surface area contributed by atoms with Crippen LogP contribution in [0.4, 0.5) is 0 Å². The molecule has 20 aliphatic rings. The highest BCUT2D eigenvalue weighted by Crippen LogP contribution is 2.68. The molecule has 22 heteroatoms. The van der Waals surface area contributed by atoms with E-state index in [0.717, 1.165) is 151 Å². The Morgan fingerprint density at radius 3 is 1.19 bits per heavy atom. The van der Waals surface area contributed by atoms with Gasteiger partial charge in [0, 0.05) is 18.6 Å². The van der Waals surface area contributed by atoms with Crippen LogP contribution in [0.3, 0.4) is 0 Å². The second-order valence-electron chi connectivity index (χ2n) is 43.6. The normalized spacial score (nSPS) is 38.6. The smallest absolute Gasteiger partial charge is 0.312 e. The molecule has 0 saturated heterocycles. The molecule has 0 aromatic carbocycles. The summed E-state index contributed by atoms with van der Waals surface area (Å²) in [6.07, 6.45) is 63.5. The number of aliphatic carboxylic acids is 2. The number of carbonyl (C=O) groups is 8. The van der Waals surface area contributed by atoms with Crippen molar-refractivity contribution in [2.24, 2.45) is 188 Å². The zero-order chi connectivity index (χ0) is 91.9. The van der Waals surface area contributed by atoms with E-state index in [0.29, 0.717) is 154 Å². The van der Waals surface area contributed by atoms with Gasteiger partial charge in [0.25, 0.3) is 0 Å². The fourth-order valence-electron chi connectivity index (χ4n) is 27.0. The molecule has 0 amide bonds. The van der Waals surface area contributed by atoms with Crippen LogP contribution in [-0.2, 0) is 85.7 Å². The Labute approximate surface area is 768 Å². The molecule has 20 bridgehead atoms. The standard InChI is InChI=1S/C21H36O4.C18H26O2.C14H22O4.C13H16O2.C12H18O2.C11H16O3.C10H14O3.C8H10O2/c1-3-5-6-17(4-2)9-10-23-11-12-24-13-14-25-21(22)20-16-18-7-8-19(20)15-18;1-17(2)13-6-7-18(17,3)15(10-13)20-16(19)14-9-11-4-5-12(14)8-11;1-2-16-5-6-17-7-8-18-14(15)13-10-11-3-4-12(13)9-11;14-13(15)10-5-8-4-9(10)12-7-2-1-6(3-7)11(8)12;1-12(2,3)14-11(13)10-7-8-4-5-9(10)6-8;1-11(10(13)14-5-4-12)7-8-2-3-9(11)6-8;11-3-4-13-10(12)9-6-7-1-2-8(9)5-7;9-8(10)7-4-5-1-2-6(7)3-5/h7-8,17-20H,3-6,9-16H2,1-2H3;4-5,11-15H,6-10H2,1-3H3;3-4,11-13H,2,5-10H2,1H3;1-2,6-12H,3-5H2,(H,14,15);4-5,8-10H,6-7H2,1-3H3;2-3,8-9,12H,4-7H2,1H3;1-2,7-9,11H,3-6H2;1-2,5-7H,3-4H2,(H,9,10). The number of carboxylic acid groups (broad SMARTS) is 2. The lowest BCUT2D eigenvalue weighted by Gasteiger charge is -2.39. The van der Waals surface area contributed by atoms with Crippen molar-refractivity contribution >= 4 is 47.8 Å². The third-order valence-corrected chi connectivity index (χ3v) is 34.4. The molecule has 20 aliphatic carbocycles. The predicted octanol–water partition coefficient (Wildman–Crippen LogP) is 18.0. The molecule has 12 saturated carbocycles. The summed E-state index contributed by atoms with van der Waals surface area (Å²) in [4.78, 5) is 93.1. The Hall–Kier alpha value is -6.56. The van der Waals surface area contributed by atoms with Gasteiger partial charge in [-0.25, -0.2) is 0 Å². The Balaban J connectivity index is 0.000000127. The van der Waals surface area contributed by atoms with Gasteiger partial charge in [-0.15, -0.1) is 0 Å².